The summed E-state index contributed by atoms with van der Waals surface area (Å²) >= 11 is 0. The molecule has 0 bridgehead atoms. The number of hydrogen-bond donors (Lipinski definition) is 1. The van der Waals surface area contributed by atoms with E-state index >= 15 is 0 Å². The van der Waals surface area contributed by atoms with Crippen molar-refractivity contribution in [3.63, 3.8) is 0 Å². The van der Waals surface area contributed by atoms with Gasteiger partial charge in [-0.15, -0.1) is 0 Å². The Morgan fingerprint density at radius 1 is 1.36 bits per heavy atom. The Labute approximate surface area is 131 Å². The van der Waals surface area contributed by atoms with Gasteiger partial charge in [0.25, 0.3) is 0 Å². The number of carbonyl (C=O) groups excluding carboxylic acids is 3. The first-order valence-electron chi connectivity index (χ1n) is 7.95. The highest BCUT2D eigenvalue weighted by Gasteiger charge is 2.33. The number of carbonyl (C=O) groups is 3. The second-order valence-corrected chi connectivity index (χ2v) is 5.90. The summed E-state index contributed by atoms with van der Waals surface area (Å²) < 4.78 is 5.04. The molecule has 2 amide bonds. The van der Waals surface area contributed by atoms with E-state index in [1.54, 1.807) is 23.8 Å². The van der Waals surface area contributed by atoms with Gasteiger partial charge in [-0.3, -0.25) is 14.4 Å². The first kappa shape index (κ1) is 16.7. The van der Waals surface area contributed by atoms with Crippen LogP contribution in [0, 0.1) is 5.92 Å². The van der Waals surface area contributed by atoms with Crippen molar-refractivity contribution in [2.75, 3.05) is 39.8 Å². The van der Waals surface area contributed by atoms with Crippen LogP contribution >= 0.6 is 0 Å². The molecule has 0 aliphatic carbocycles. The summed E-state index contributed by atoms with van der Waals surface area (Å²) in [4.78, 5) is 39.6. The molecule has 2 rings (SSSR count). The molecule has 0 saturated carbocycles. The molecule has 0 radical (unpaired) electrons. The molecule has 7 heteroatoms. The zero-order valence-electron chi connectivity index (χ0n) is 13.3. The summed E-state index contributed by atoms with van der Waals surface area (Å²) in [5.74, 6) is -0.587. The molecule has 0 aromatic rings. The molecule has 2 atom stereocenters. The van der Waals surface area contributed by atoms with Crippen molar-refractivity contribution in [2.24, 2.45) is 5.92 Å². The molecule has 1 N–H and O–H groups in total. The number of rotatable bonds is 4. The first-order valence-corrected chi connectivity index (χ1v) is 7.95. The van der Waals surface area contributed by atoms with Crippen LogP contribution in [0.1, 0.15) is 26.2 Å². The minimum absolute atomic E-state index is 0.0430. The van der Waals surface area contributed by atoms with Gasteiger partial charge in [0.2, 0.25) is 11.8 Å². The van der Waals surface area contributed by atoms with Gasteiger partial charge in [-0.1, -0.05) is 0 Å². The number of piperazine rings is 1. The van der Waals surface area contributed by atoms with Crippen LogP contribution in [0.2, 0.25) is 0 Å². The van der Waals surface area contributed by atoms with Gasteiger partial charge in [-0.25, -0.2) is 0 Å². The fraction of sp³-hybridized carbons (Fsp3) is 0.800. The Balaban J connectivity index is 1.89. The van der Waals surface area contributed by atoms with Crippen LogP contribution in [0.3, 0.4) is 0 Å². The number of hydrogen-bond acceptors (Lipinski definition) is 5. The SMILES string of the molecule is CCOC(=O)C1CCCN(C(=O)CC2NCCN(C)C2=O)C1. The number of nitrogens with one attached hydrogen (secondary N) is 1. The van der Waals surface area contributed by atoms with Gasteiger partial charge in [-0.05, 0) is 19.8 Å². The van der Waals surface area contributed by atoms with E-state index in [1.807, 2.05) is 0 Å². The number of esters is 1. The van der Waals surface area contributed by atoms with Crippen LogP contribution in [0.4, 0.5) is 0 Å². The van der Waals surface area contributed by atoms with Crippen LogP contribution in [0.25, 0.3) is 0 Å². The zero-order chi connectivity index (χ0) is 16.1. The lowest BCUT2D eigenvalue weighted by atomic mass is 9.97. The van der Waals surface area contributed by atoms with Gasteiger partial charge < -0.3 is 19.9 Å². The summed E-state index contributed by atoms with van der Waals surface area (Å²) in [6.07, 6.45) is 1.70. The maximum atomic E-state index is 12.4. The summed E-state index contributed by atoms with van der Waals surface area (Å²) in [5, 5.41) is 3.09. The third kappa shape index (κ3) is 3.97. The molecule has 2 saturated heterocycles. The van der Waals surface area contributed by atoms with Crippen LogP contribution in [0.5, 0.6) is 0 Å². The molecule has 0 spiro atoms. The van der Waals surface area contributed by atoms with Gasteiger partial charge in [0.05, 0.1) is 25.0 Å². The number of likely N-dealkylation sites (tertiary alicyclic amines) is 1. The molecule has 7 nitrogen and oxygen atoms in total. The lowest BCUT2D eigenvalue weighted by Gasteiger charge is -2.34. The van der Waals surface area contributed by atoms with Crippen LogP contribution in [-0.4, -0.2) is 73.5 Å². The van der Waals surface area contributed by atoms with Gasteiger partial charge in [0.1, 0.15) is 0 Å². The predicted octanol–water partition coefficient (Wildman–Crippen LogP) is -0.392. The third-order valence-corrected chi connectivity index (χ3v) is 4.29. The maximum Gasteiger partial charge on any atom is 0.310 e. The van der Waals surface area contributed by atoms with Gasteiger partial charge in [-0.2, -0.15) is 0 Å². The highest BCUT2D eigenvalue weighted by Crippen LogP contribution is 2.19. The number of piperidine rings is 1. The Morgan fingerprint density at radius 2 is 2.14 bits per heavy atom. The van der Waals surface area contributed by atoms with E-state index in [2.05, 4.69) is 5.32 Å². The van der Waals surface area contributed by atoms with E-state index in [0.717, 1.165) is 12.8 Å². The van der Waals surface area contributed by atoms with Gasteiger partial charge in [0, 0.05) is 33.2 Å². The van der Waals surface area contributed by atoms with Crippen molar-refractivity contribution in [1.82, 2.24) is 15.1 Å². The van der Waals surface area contributed by atoms with E-state index in [4.69, 9.17) is 4.74 Å². The minimum Gasteiger partial charge on any atom is -0.466 e. The molecule has 0 aromatic carbocycles. The molecule has 22 heavy (non-hydrogen) atoms. The highest BCUT2D eigenvalue weighted by molar-refractivity contribution is 5.89. The summed E-state index contributed by atoms with van der Waals surface area (Å²) in [6, 6.07) is -0.450. The fourth-order valence-corrected chi connectivity index (χ4v) is 2.99. The first-order chi connectivity index (χ1) is 10.5. The van der Waals surface area contributed by atoms with Crippen molar-refractivity contribution < 1.29 is 19.1 Å². The van der Waals surface area contributed by atoms with E-state index in [0.29, 0.717) is 32.8 Å². The monoisotopic (exact) mass is 311 g/mol. The van der Waals surface area contributed by atoms with E-state index in [1.165, 1.54) is 0 Å². The normalized spacial score (nSPS) is 26.0. The second-order valence-electron chi connectivity index (χ2n) is 5.90. The van der Waals surface area contributed by atoms with Crippen molar-refractivity contribution >= 4 is 17.8 Å². The molecule has 2 fully saturated rings. The number of nitrogens with zero attached hydrogens (tertiary/aromatic N) is 2. The fourth-order valence-electron chi connectivity index (χ4n) is 2.99. The molecular weight excluding hydrogens is 286 g/mol. The lowest BCUT2D eigenvalue weighted by molar-refractivity contribution is -0.152. The predicted molar refractivity (Wildman–Crippen MR) is 80.0 cm³/mol. The van der Waals surface area contributed by atoms with E-state index in [-0.39, 0.29) is 30.1 Å². The smallest absolute Gasteiger partial charge is 0.310 e. The number of likely N-dealkylation sites (N-methyl/N-ethyl adjacent to an activating group) is 1. The Bertz CT molecular complexity index is 441. The van der Waals surface area contributed by atoms with Crippen LogP contribution in [-0.2, 0) is 19.1 Å². The maximum absolute atomic E-state index is 12.4. The molecule has 0 aromatic heterocycles. The Kier molecular flexibility index (Phi) is 5.76. The molecule has 2 aliphatic heterocycles. The van der Waals surface area contributed by atoms with Gasteiger partial charge >= 0.3 is 5.97 Å². The topological polar surface area (TPSA) is 79.0 Å². The number of ether oxygens (including phenoxy) is 1. The average molecular weight is 311 g/mol. The molecular formula is C15H25N3O4. The van der Waals surface area contributed by atoms with E-state index < -0.39 is 6.04 Å². The quantitative estimate of drug-likeness (QED) is 0.715. The summed E-state index contributed by atoms with van der Waals surface area (Å²) in [5.41, 5.74) is 0. The Morgan fingerprint density at radius 3 is 2.86 bits per heavy atom. The summed E-state index contributed by atoms with van der Waals surface area (Å²) in [7, 11) is 1.75. The molecule has 124 valence electrons. The van der Waals surface area contributed by atoms with Gasteiger partial charge in [0.15, 0.2) is 0 Å². The average Bonchev–Trinajstić information content (AvgIpc) is 2.52. The third-order valence-electron chi connectivity index (χ3n) is 4.29. The zero-order valence-corrected chi connectivity index (χ0v) is 13.3. The highest BCUT2D eigenvalue weighted by atomic mass is 16.5. The number of amides is 2. The lowest BCUT2D eigenvalue weighted by Crippen LogP contribution is -2.55. The molecule has 2 aliphatic rings. The van der Waals surface area contributed by atoms with Crippen LogP contribution in [0.15, 0.2) is 0 Å². The standard InChI is InChI=1S/C15H25N3O4/c1-3-22-15(21)11-5-4-7-18(10-11)13(19)9-12-14(20)17(2)8-6-16-12/h11-12,16H,3-10H2,1-2H3. The van der Waals surface area contributed by atoms with Crippen molar-refractivity contribution in [2.45, 2.75) is 32.2 Å². The van der Waals surface area contributed by atoms with E-state index in [9.17, 15) is 14.4 Å². The molecule has 2 heterocycles. The van der Waals surface area contributed by atoms with Crippen molar-refractivity contribution in [3.8, 4) is 0 Å². The molecule has 2 unspecified atom stereocenters. The Hall–Kier alpha value is -1.63. The second kappa shape index (κ2) is 7.58. The van der Waals surface area contributed by atoms with Crippen molar-refractivity contribution in [3.05, 3.63) is 0 Å². The van der Waals surface area contributed by atoms with Crippen LogP contribution < -0.4 is 5.32 Å². The summed E-state index contributed by atoms with van der Waals surface area (Å²) in [6.45, 7) is 4.54. The minimum atomic E-state index is -0.450. The largest absolute Gasteiger partial charge is 0.466 e. The van der Waals surface area contributed by atoms with Crippen molar-refractivity contribution in [1.29, 1.82) is 0 Å².